The molecule has 0 N–H and O–H groups in total. The van der Waals surface area contributed by atoms with Crippen molar-refractivity contribution >= 4 is 27.2 Å². The maximum Gasteiger partial charge on any atom is 0.270 e. The number of para-hydroxylation sites is 1. The Labute approximate surface area is 165 Å². The molecule has 27 heavy (non-hydrogen) atoms. The zero-order valence-corrected chi connectivity index (χ0v) is 16.7. The van der Waals surface area contributed by atoms with Crippen LogP contribution in [0.1, 0.15) is 19.4 Å². The van der Waals surface area contributed by atoms with Crippen LogP contribution in [-0.4, -0.2) is 13.1 Å². The van der Waals surface area contributed by atoms with E-state index >= 15 is 0 Å². The van der Waals surface area contributed by atoms with Gasteiger partial charge in [0.25, 0.3) is 5.01 Å². The van der Waals surface area contributed by atoms with Crippen molar-refractivity contribution in [1.82, 2.24) is 0 Å². The van der Waals surface area contributed by atoms with E-state index in [0.717, 1.165) is 19.6 Å². The van der Waals surface area contributed by atoms with E-state index in [1.807, 2.05) is 11.3 Å². The molecule has 136 valence electrons. The Morgan fingerprint density at radius 2 is 1.44 bits per heavy atom. The molecule has 0 saturated carbocycles. The second-order valence-corrected chi connectivity index (χ2v) is 7.70. The fraction of sp³-hybridized carbons (Fsp3) is 0.208. The third-order valence-corrected chi connectivity index (χ3v) is 6.25. The van der Waals surface area contributed by atoms with Gasteiger partial charge in [0.15, 0.2) is 6.54 Å². The number of fused-ring (bicyclic) bond motifs is 1. The maximum atomic E-state index is 2.45. The number of rotatable bonds is 6. The van der Waals surface area contributed by atoms with Gasteiger partial charge in [-0.25, -0.2) is 0 Å². The van der Waals surface area contributed by atoms with Crippen LogP contribution in [0.15, 0.2) is 78.9 Å². The summed E-state index contributed by atoms with van der Waals surface area (Å²) in [6.07, 6.45) is 0. The molecule has 1 heterocycles. The van der Waals surface area contributed by atoms with E-state index in [9.17, 15) is 0 Å². The topological polar surface area (TPSA) is 7.12 Å². The predicted molar refractivity (Wildman–Crippen MR) is 117 cm³/mol. The molecule has 0 radical (unpaired) electrons. The minimum absolute atomic E-state index is 0.887. The lowest BCUT2D eigenvalue weighted by atomic mass is 10.1. The first kappa shape index (κ1) is 17.7. The summed E-state index contributed by atoms with van der Waals surface area (Å²) in [7, 11) is 0. The lowest BCUT2D eigenvalue weighted by Crippen LogP contribution is -2.35. The van der Waals surface area contributed by atoms with Gasteiger partial charge in [-0.2, -0.15) is 4.57 Å². The van der Waals surface area contributed by atoms with E-state index in [4.69, 9.17) is 0 Å². The summed E-state index contributed by atoms with van der Waals surface area (Å²) in [5.41, 5.74) is 5.20. The molecule has 0 aliphatic carbocycles. The number of hydrogen-bond donors (Lipinski definition) is 0. The minimum Gasteiger partial charge on any atom is -0.372 e. The summed E-state index contributed by atoms with van der Waals surface area (Å²) in [4.78, 5) is 2.38. The van der Waals surface area contributed by atoms with Crippen LogP contribution >= 0.6 is 11.3 Å². The van der Waals surface area contributed by atoms with E-state index in [-0.39, 0.29) is 0 Å². The molecule has 0 bridgehead atoms. The van der Waals surface area contributed by atoms with Crippen LogP contribution in [0, 0.1) is 0 Å². The Hall–Kier alpha value is -2.65. The average molecular weight is 374 g/mol. The highest BCUT2D eigenvalue weighted by Crippen LogP contribution is 2.30. The predicted octanol–water partition coefficient (Wildman–Crippen LogP) is 5.75. The molecule has 0 atom stereocenters. The average Bonchev–Trinajstić information content (AvgIpc) is 3.09. The maximum absolute atomic E-state index is 2.45. The van der Waals surface area contributed by atoms with Crippen LogP contribution < -0.4 is 9.47 Å². The van der Waals surface area contributed by atoms with Gasteiger partial charge in [0.05, 0.1) is 5.56 Å². The zero-order chi connectivity index (χ0) is 18.6. The summed E-state index contributed by atoms with van der Waals surface area (Å²) in [6.45, 7) is 7.37. The van der Waals surface area contributed by atoms with Gasteiger partial charge >= 0.3 is 0 Å². The molecule has 4 rings (SSSR count). The molecule has 3 aromatic carbocycles. The monoisotopic (exact) mass is 373 g/mol. The normalized spacial score (nSPS) is 11.0. The second kappa shape index (κ2) is 7.93. The molecular weight excluding hydrogens is 348 g/mol. The van der Waals surface area contributed by atoms with Crippen LogP contribution in [0.5, 0.6) is 0 Å². The second-order valence-electron chi connectivity index (χ2n) is 6.67. The van der Waals surface area contributed by atoms with Crippen molar-refractivity contribution in [2.45, 2.75) is 20.4 Å². The largest absolute Gasteiger partial charge is 0.372 e. The van der Waals surface area contributed by atoms with E-state index in [0.29, 0.717) is 0 Å². The van der Waals surface area contributed by atoms with Gasteiger partial charge in [0.1, 0.15) is 4.70 Å². The van der Waals surface area contributed by atoms with Crippen molar-refractivity contribution < 1.29 is 4.57 Å². The fourth-order valence-corrected chi connectivity index (χ4v) is 4.74. The quantitative estimate of drug-likeness (QED) is 0.390. The number of aromatic nitrogens is 1. The number of hydrogen-bond acceptors (Lipinski definition) is 2. The molecule has 0 fully saturated rings. The molecule has 0 unspecified atom stereocenters. The van der Waals surface area contributed by atoms with Crippen molar-refractivity contribution in [2.24, 2.45) is 0 Å². The minimum atomic E-state index is 0.887. The van der Waals surface area contributed by atoms with Crippen LogP contribution in [0.2, 0.25) is 0 Å². The lowest BCUT2D eigenvalue weighted by molar-refractivity contribution is -0.647. The first-order chi connectivity index (χ1) is 13.3. The zero-order valence-electron chi connectivity index (χ0n) is 15.9. The SMILES string of the molecule is CCN(CC)c1ccc(-c2sc3ccccc3[n+]2Cc2ccccc2)cc1. The van der Waals surface area contributed by atoms with Crippen molar-refractivity contribution in [2.75, 3.05) is 18.0 Å². The van der Waals surface area contributed by atoms with Gasteiger partial charge < -0.3 is 4.90 Å². The van der Waals surface area contributed by atoms with E-state index in [1.54, 1.807) is 0 Å². The van der Waals surface area contributed by atoms with Gasteiger partial charge in [-0.05, 0) is 44.2 Å². The molecule has 1 aromatic heterocycles. The molecule has 0 saturated heterocycles. The lowest BCUT2D eigenvalue weighted by Gasteiger charge is -2.20. The molecule has 0 aliphatic heterocycles. The van der Waals surface area contributed by atoms with Crippen molar-refractivity contribution in [3.63, 3.8) is 0 Å². The van der Waals surface area contributed by atoms with E-state index in [1.165, 1.54) is 32.0 Å². The van der Waals surface area contributed by atoms with Crippen LogP contribution in [0.3, 0.4) is 0 Å². The van der Waals surface area contributed by atoms with Gasteiger partial charge in [-0.1, -0.05) is 53.8 Å². The Morgan fingerprint density at radius 1 is 0.778 bits per heavy atom. The number of anilines is 1. The standard InChI is InChI=1S/C24H25N2S/c1-3-25(4-2)21-16-14-20(15-17-21)24-26(18-19-10-6-5-7-11-19)22-12-8-9-13-23(22)27-24/h5-17H,3-4,18H2,1-2H3/q+1. The Bertz CT molecular complexity index is 1020. The summed E-state index contributed by atoms with van der Waals surface area (Å²) in [5, 5.41) is 1.31. The molecule has 2 nitrogen and oxygen atoms in total. The Morgan fingerprint density at radius 3 is 2.15 bits per heavy atom. The van der Waals surface area contributed by atoms with Crippen molar-refractivity contribution in [3.8, 4) is 10.6 Å². The first-order valence-corrected chi connectivity index (χ1v) is 10.4. The molecule has 0 aliphatic rings. The summed E-state index contributed by atoms with van der Waals surface area (Å²) < 4.78 is 3.78. The molecule has 0 spiro atoms. The molecular formula is C24H25N2S+. The van der Waals surface area contributed by atoms with Crippen LogP contribution in [0.4, 0.5) is 5.69 Å². The summed E-state index contributed by atoms with van der Waals surface area (Å²) in [5.74, 6) is 0. The Balaban J connectivity index is 1.78. The molecule has 0 amide bonds. The molecule has 3 heteroatoms. The Kier molecular flexibility index (Phi) is 5.21. The van der Waals surface area contributed by atoms with Gasteiger partial charge in [0.2, 0.25) is 5.52 Å². The van der Waals surface area contributed by atoms with Crippen molar-refractivity contribution in [1.29, 1.82) is 0 Å². The number of nitrogens with zero attached hydrogens (tertiary/aromatic N) is 2. The fourth-order valence-electron chi connectivity index (χ4n) is 3.58. The highest BCUT2D eigenvalue weighted by Gasteiger charge is 2.22. The van der Waals surface area contributed by atoms with E-state index in [2.05, 4.69) is 102 Å². The number of thiazole rings is 1. The first-order valence-electron chi connectivity index (χ1n) is 9.60. The third-order valence-electron chi connectivity index (χ3n) is 5.03. The van der Waals surface area contributed by atoms with Gasteiger partial charge in [-0.3, -0.25) is 0 Å². The van der Waals surface area contributed by atoms with Gasteiger partial charge in [-0.15, -0.1) is 0 Å². The van der Waals surface area contributed by atoms with Gasteiger partial charge in [0, 0.05) is 30.4 Å². The highest BCUT2D eigenvalue weighted by atomic mass is 32.1. The summed E-state index contributed by atoms with van der Waals surface area (Å²) >= 11 is 1.87. The molecule has 4 aromatic rings. The van der Waals surface area contributed by atoms with Crippen LogP contribution in [0.25, 0.3) is 20.8 Å². The van der Waals surface area contributed by atoms with Crippen LogP contribution in [-0.2, 0) is 6.54 Å². The van der Waals surface area contributed by atoms with Crippen molar-refractivity contribution in [3.05, 3.63) is 84.4 Å². The third kappa shape index (κ3) is 3.60. The number of benzene rings is 3. The smallest absolute Gasteiger partial charge is 0.270 e. The summed E-state index contributed by atoms with van der Waals surface area (Å²) in [6, 6.07) is 28.4. The highest BCUT2D eigenvalue weighted by molar-refractivity contribution is 7.21. The van der Waals surface area contributed by atoms with E-state index < -0.39 is 0 Å².